The van der Waals surface area contributed by atoms with E-state index in [2.05, 4.69) is 8.92 Å². The number of alkyl halides is 3. The summed E-state index contributed by atoms with van der Waals surface area (Å²) in [5.74, 6) is -2.62. The Morgan fingerprint density at radius 3 is 2.50 bits per heavy atom. The molecule has 1 aliphatic rings. The zero-order valence-corrected chi connectivity index (χ0v) is 13.1. The molecule has 0 N–H and O–H groups in total. The summed E-state index contributed by atoms with van der Waals surface area (Å²) in [6.45, 7) is 0. The molecule has 0 spiro atoms. The molecule has 132 valence electrons. The van der Waals surface area contributed by atoms with E-state index in [9.17, 15) is 30.8 Å². The fourth-order valence-electron chi connectivity index (χ4n) is 2.20. The normalized spacial score (nSPS) is 15.1. The second-order valence-electron chi connectivity index (χ2n) is 4.92. The quantitative estimate of drug-likeness (QED) is 0.355. The number of allylic oxidation sites excluding steroid dienone is 1. The number of ether oxygens (including phenoxy) is 1. The highest BCUT2D eigenvalue weighted by molar-refractivity contribution is 7.87. The van der Waals surface area contributed by atoms with Crippen LogP contribution < -0.4 is 0 Å². The number of methoxy groups -OCH3 is 1. The number of carbonyl (C=O) groups is 1. The maximum Gasteiger partial charge on any atom is 0.534 e. The van der Waals surface area contributed by atoms with Crippen LogP contribution in [0.1, 0.15) is 34.3 Å². The first-order valence-electron chi connectivity index (χ1n) is 6.69. The van der Waals surface area contributed by atoms with Crippen LogP contribution in [-0.2, 0) is 25.5 Å². The summed E-state index contributed by atoms with van der Waals surface area (Å²) in [5.41, 5.74) is -5.86. The molecule has 0 aliphatic heterocycles. The van der Waals surface area contributed by atoms with Crippen LogP contribution in [0, 0.1) is 5.82 Å². The van der Waals surface area contributed by atoms with Gasteiger partial charge in [0.05, 0.1) is 12.7 Å². The third-order valence-corrected chi connectivity index (χ3v) is 4.29. The molecule has 0 atom stereocenters. The average molecular weight is 368 g/mol. The standard InChI is InChI=1S/C14H12F4O5S/c1-22-13(19)10-6-8-4-2-3-5-12(9(8)7-11(10)15)23-24(20,21)14(16,17)18/h5-7H,2-4H2,1H3. The van der Waals surface area contributed by atoms with Crippen LogP contribution >= 0.6 is 0 Å². The van der Waals surface area contributed by atoms with E-state index in [-0.39, 0.29) is 17.5 Å². The molecule has 1 aromatic rings. The Balaban J connectivity index is 2.51. The predicted octanol–water partition coefficient (Wildman–Crippen LogP) is 3.16. The first-order valence-corrected chi connectivity index (χ1v) is 8.09. The monoisotopic (exact) mass is 368 g/mol. The van der Waals surface area contributed by atoms with E-state index in [0.29, 0.717) is 12.8 Å². The molecule has 1 aliphatic carbocycles. The van der Waals surface area contributed by atoms with Crippen molar-refractivity contribution in [2.75, 3.05) is 7.11 Å². The van der Waals surface area contributed by atoms with Gasteiger partial charge in [-0.2, -0.15) is 21.6 Å². The smallest absolute Gasteiger partial charge is 0.465 e. The number of fused-ring (bicyclic) bond motifs is 1. The molecule has 0 bridgehead atoms. The maximum absolute atomic E-state index is 14.0. The van der Waals surface area contributed by atoms with Crippen molar-refractivity contribution in [1.29, 1.82) is 0 Å². The van der Waals surface area contributed by atoms with Crippen LogP contribution in [0.2, 0.25) is 0 Å². The van der Waals surface area contributed by atoms with Crippen LogP contribution in [0.5, 0.6) is 0 Å². The Kier molecular flexibility index (Phi) is 4.88. The van der Waals surface area contributed by atoms with Gasteiger partial charge >= 0.3 is 21.6 Å². The van der Waals surface area contributed by atoms with Gasteiger partial charge in [0.15, 0.2) is 0 Å². The van der Waals surface area contributed by atoms with E-state index >= 15 is 0 Å². The van der Waals surface area contributed by atoms with E-state index in [0.717, 1.165) is 25.3 Å². The van der Waals surface area contributed by atoms with Crippen molar-refractivity contribution in [3.8, 4) is 0 Å². The van der Waals surface area contributed by atoms with Crippen molar-refractivity contribution >= 4 is 21.8 Å². The number of rotatable bonds is 3. The van der Waals surface area contributed by atoms with Crippen LogP contribution in [0.15, 0.2) is 18.2 Å². The van der Waals surface area contributed by atoms with E-state index in [1.54, 1.807) is 0 Å². The Labute approximate surface area is 135 Å². The molecule has 0 fully saturated rings. The third kappa shape index (κ3) is 3.53. The lowest BCUT2D eigenvalue weighted by molar-refractivity contribution is -0.0509. The second kappa shape index (κ2) is 6.42. The lowest BCUT2D eigenvalue weighted by Crippen LogP contribution is -2.25. The molecule has 0 aromatic heterocycles. The van der Waals surface area contributed by atoms with Crippen LogP contribution in [0.25, 0.3) is 5.76 Å². The summed E-state index contributed by atoms with van der Waals surface area (Å²) in [7, 11) is -4.83. The number of hydrogen-bond donors (Lipinski definition) is 0. The summed E-state index contributed by atoms with van der Waals surface area (Å²) >= 11 is 0. The van der Waals surface area contributed by atoms with E-state index in [1.165, 1.54) is 0 Å². The van der Waals surface area contributed by atoms with Crippen LogP contribution in [0.4, 0.5) is 17.6 Å². The SMILES string of the molecule is COC(=O)c1cc2c(cc1F)C(OS(=O)(=O)C(F)(F)F)=CCCC2. The Morgan fingerprint density at radius 1 is 1.25 bits per heavy atom. The molecule has 0 saturated carbocycles. The molecule has 0 radical (unpaired) electrons. The zero-order valence-electron chi connectivity index (χ0n) is 12.3. The largest absolute Gasteiger partial charge is 0.534 e. The lowest BCUT2D eigenvalue weighted by atomic mass is 10.00. The molecule has 5 nitrogen and oxygen atoms in total. The van der Waals surface area contributed by atoms with Gasteiger partial charge < -0.3 is 8.92 Å². The fourth-order valence-corrected chi connectivity index (χ4v) is 2.69. The predicted molar refractivity (Wildman–Crippen MR) is 74.7 cm³/mol. The number of aryl methyl sites for hydroxylation is 1. The summed E-state index contributed by atoms with van der Waals surface area (Å²) < 4.78 is 82.5. The number of carbonyl (C=O) groups excluding carboxylic acids is 1. The van der Waals surface area contributed by atoms with Crippen molar-refractivity contribution in [2.45, 2.75) is 24.8 Å². The Bertz CT molecular complexity index is 796. The number of esters is 1. The molecule has 10 heteroatoms. The van der Waals surface area contributed by atoms with Gasteiger partial charge in [-0.3, -0.25) is 0 Å². The maximum atomic E-state index is 14.0. The lowest BCUT2D eigenvalue weighted by Gasteiger charge is -2.15. The van der Waals surface area contributed by atoms with Crippen molar-refractivity contribution in [2.24, 2.45) is 0 Å². The Hall–Kier alpha value is -2.10. The fraction of sp³-hybridized carbons (Fsp3) is 0.357. The van der Waals surface area contributed by atoms with Gasteiger partial charge in [0, 0.05) is 5.56 Å². The van der Waals surface area contributed by atoms with E-state index < -0.39 is 38.7 Å². The molecular weight excluding hydrogens is 356 g/mol. The molecule has 1 aromatic carbocycles. The highest BCUT2D eigenvalue weighted by Gasteiger charge is 2.49. The van der Waals surface area contributed by atoms with E-state index in [4.69, 9.17) is 0 Å². The summed E-state index contributed by atoms with van der Waals surface area (Å²) in [5, 5.41) is 0. The minimum absolute atomic E-state index is 0.148. The molecular formula is C14H12F4O5S. The average Bonchev–Trinajstić information content (AvgIpc) is 2.66. The van der Waals surface area contributed by atoms with Crippen molar-refractivity contribution in [3.05, 3.63) is 40.7 Å². The van der Waals surface area contributed by atoms with Crippen LogP contribution in [0.3, 0.4) is 0 Å². The second-order valence-corrected chi connectivity index (χ2v) is 6.46. The molecule has 24 heavy (non-hydrogen) atoms. The Morgan fingerprint density at radius 2 is 1.92 bits per heavy atom. The van der Waals surface area contributed by atoms with Gasteiger partial charge in [-0.1, -0.05) is 0 Å². The first-order chi connectivity index (χ1) is 11.1. The third-order valence-electron chi connectivity index (χ3n) is 3.33. The van der Waals surface area contributed by atoms with Gasteiger partial charge in [0.2, 0.25) is 0 Å². The number of hydrogen-bond acceptors (Lipinski definition) is 5. The number of benzene rings is 1. The van der Waals surface area contributed by atoms with E-state index in [1.807, 2.05) is 0 Å². The van der Waals surface area contributed by atoms with Crippen molar-refractivity contribution < 1.29 is 39.7 Å². The zero-order chi connectivity index (χ0) is 18.1. The minimum atomic E-state index is -5.88. The van der Waals surface area contributed by atoms with Gasteiger partial charge in [-0.05, 0) is 43.0 Å². The summed E-state index contributed by atoms with van der Waals surface area (Å²) in [4.78, 5) is 11.5. The van der Waals surface area contributed by atoms with Gasteiger partial charge in [0.1, 0.15) is 11.6 Å². The van der Waals surface area contributed by atoms with Crippen molar-refractivity contribution in [3.63, 3.8) is 0 Å². The van der Waals surface area contributed by atoms with Crippen LogP contribution in [-0.4, -0.2) is 27.0 Å². The van der Waals surface area contributed by atoms with Gasteiger partial charge in [-0.15, -0.1) is 0 Å². The molecule has 0 saturated heterocycles. The van der Waals surface area contributed by atoms with Gasteiger partial charge in [-0.25, -0.2) is 9.18 Å². The van der Waals surface area contributed by atoms with Crippen molar-refractivity contribution in [1.82, 2.24) is 0 Å². The number of halogens is 4. The topological polar surface area (TPSA) is 69.7 Å². The highest BCUT2D eigenvalue weighted by Crippen LogP contribution is 2.34. The molecule has 2 rings (SSSR count). The minimum Gasteiger partial charge on any atom is -0.465 e. The highest BCUT2D eigenvalue weighted by atomic mass is 32.2. The summed E-state index contributed by atoms with van der Waals surface area (Å²) in [6.07, 6.45) is 2.13. The first kappa shape index (κ1) is 18.2. The molecule has 0 heterocycles. The summed E-state index contributed by atoms with van der Waals surface area (Å²) in [6, 6.07) is 1.89. The molecule has 0 amide bonds. The molecule has 0 unspecified atom stereocenters. The van der Waals surface area contributed by atoms with Gasteiger partial charge in [0.25, 0.3) is 0 Å².